The summed E-state index contributed by atoms with van der Waals surface area (Å²) in [4.78, 5) is 40.0. The second-order valence-electron chi connectivity index (χ2n) is 6.43. The van der Waals surface area contributed by atoms with Gasteiger partial charge in [0.05, 0.1) is 28.8 Å². The molecule has 0 aromatic heterocycles. The summed E-state index contributed by atoms with van der Waals surface area (Å²) in [5, 5.41) is 8.93. The number of imide groups is 1. The van der Waals surface area contributed by atoms with Crippen LogP contribution in [0, 0.1) is 11.3 Å². The Morgan fingerprint density at radius 3 is 2.33 bits per heavy atom. The van der Waals surface area contributed by atoms with Gasteiger partial charge in [-0.2, -0.15) is 5.26 Å². The average molecular weight is 361 g/mol. The first-order chi connectivity index (χ1) is 12.9. The van der Waals surface area contributed by atoms with Gasteiger partial charge < -0.3 is 4.90 Å². The van der Waals surface area contributed by atoms with E-state index in [1.54, 1.807) is 23.1 Å². The van der Waals surface area contributed by atoms with Crippen molar-refractivity contribution >= 4 is 17.7 Å². The largest absolute Gasteiger partial charge is 0.332 e. The zero-order valence-electron chi connectivity index (χ0n) is 15.4. The third-order valence-electron chi connectivity index (χ3n) is 4.93. The topological polar surface area (TPSA) is 81.5 Å². The lowest BCUT2D eigenvalue weighted by molar-refractivity contribution is 0.0689. The van der Waals surface area contributed by atoms with E-state index >= 15 is 0 Å². The van der Waals surface area contributed by atoms with Gasteiger partial charge in [-0.25, -0.2) is 0 Å². The van der Waals surface area contributed by atoms with Crippen LogP contribution < -0.4 is 0 Å². The van der Waals surface area contributed by atoms with Gasteiger partial charge in [0.2, 0.25) is 0 Å². The number of benzene rings is 2. The minimum Gasteiger partial charge on any atom is -0.332 e. The van der Waals surface area contributed by atoms with E-state index in [1.165, 1.54) is 19.2 Å². The third-order valence-corrected chi connectivity index (χ3v) is 4.93. The van der Waals surface area contributed by atoms with Gasteiger partial charge in [0, 0.05) is 19.2 Å². The molecule has 0 fully saturated rings. The van der Waals surface area contributed by atoms with Gasteiger partial charge in [0.1, 0.15) is 0 Å². The molecule has 1 aliphatic heterocycles. The van der Waals surface area contributed by atoms with Gasteiger partial charge in [-0.15, -0.1) is 0 Å². The van der Waals surface area contributed by atoms with Crippen molar-refractivity contribution in [2.45, 2.75) is 19.9 Å². The SMILES string of the molecule is CCN(C(=O)c1ccc2c(c1)C(=O)N(C)C2=O)C(C)c1ccc(C#N)cc1. The van der Waals surface area contributed by atoms with Crippen molar-refractivity contribution in [3.8, 4) is 6.07 Å². The van der Waals surface area contributed by atoms with Crippen LogP contribution in [0.5, 0.6) is 0 Å². The number of carbonyl (C=O) groups excluding carboxylic acids is 3. The van der Waals surface area contributed by atoms with E-state index in [9.17, 15) is 14.4 Å². The minimum absolute atomic E-state index is 0.205. The normalized spacial score (nSPS) is 13.9. The Morgan fingerprint density at radius 2 is 1.74 bits per heavy atom. The van der Waals surface area contributed by atoms with Crippen LogP contribution in [-0.4, -0.2) is 41.1 Å². The number of amides is 3. The Bertz CT molecular complexity index is 973. The van der Waals surface area contributed by atoms with E-state index in [4.69, 9.17) is 5.26 Å². The molecule has 2 aromatic carbocycles. The quantitative estimate of drug-likeness (QED) is 0.784. The third kappa shape index (κ3) is 3.08. The van der Waals surface area contributed by atoms with E-state index in [0.29, 0.717) is 23.2 Å². The predicted octanol–water partition coefficient (Wildman–Crippen LogP) is 3.01. The zero-order chi connectivity index (χ0) is 19.7. The van der Waals surface area contributed by atoms with E-state index in [0.717, 1.165) is 10.5 Å². The molecule has 2 aromatic rings. The number of nitriles is 1. The summed E-state index contributed by atoms with van der Waals surface area (Å²) >= 11 is 0. The molecule has 1 aliphatic rings. The van der Waals surface area contributed by atoms with Crippen LogP contribution in [0.15, 0.2) is 42.5 Å². The van der Waals surface area contributed by atoms with Crippen molar-refractivity contribution in [2.75, 3.05) is 13.6 Å². The molecular weight excluding hydrogens is 342 g/mol. The van der Waals surface area contributed by atoms with E-state index in [2.05, 4.69) is 6.07 Å². The summed E-state index contributed by atoms with van der Waals surface area (Å²) in [6, 6.07) is 13.6. The molecule has 0 radical (unpaired) electrons. The first kappa shape index (κ1) is 18.3. The van der Waals surface area contributed by atoms with Gasteiger partial charge >= 0.3 is 0 Å². The van der Waals surface area contributed by atoms with Gasteiger partial charge in [-0.1, -0.05) is 12.1 Å². The molecule has 1 atom stereocenters. The lowest BCUT2D eigenvalue weighted by Crippen LogP contribution is -2.33. The lowest BCUT2D eigenvalue weighted by Gasteiger charge is -2.28. The number of nitrogens with zero attached hydrogens (tertiary/aromatic N) is 3. The van der Waals surface area contributed by atoms with E-state index in [-0.39, 0.29) is 23.4 Å². The maximum Gasteiger partial charge on any atom is 0.261 e. The van der Waals surface area contributed by atoms with E-state index in [1.807, 2.05) is 26.0 Å². The van der Waals surface area contributed by atoms with Crippen LogP contribution in [0.2, 0.25) is 0 Å². The summed E-state index contributed by atoms with van der Waals surface area (Å²) in [6.07, 6.45) is 0. The molecule has 27 heavy (non-hydrogen) atoms. The second kappa shape index (κ2) is 7.04. The van der Waals surface area contributed by atoms with Crippen molar-refractivity contribution < 1.29 is 14.4 Å². The highest BCUT2D eigenvalue weighted by Gasteiger charge is 2.33. The standard InChI is InChI=1S/C21H19N3O3/c1-4-24(13(2)15-7-5-14(12-22)6-8-15)19(25)16-9-10-17-18(11-16)21(27)23(3)20(17)26/h5-11,13H,4H2,1-3H3. The molecule has 1 unspecified atom stereocenters. The number of rotatable bonds is 4. The van der Waals surface area contributed by atoms with Crippen molar-refractivity contribution in [2.24, 2.45) is 0 Å². The molecule has 6 nitrogen and oxygen atoms in total. The fraction of sp³-hybridized carbons (Fsp3) is 0.238. The maximum atomic E-state index is 13.0. The number of carbonyl (C=O) groups is 3. The van der Waals surface area contributed by atoms with E-state index < -0.39 is 5.91 Å². The van der Waals surface area contributed by atoms with Gasteiger partial charge in [0.25, 0.3) is 17.7 Å². The average Bonchev–Trinajstić information content (AvgIpc) is 2.92. The molecule has 136 valence electrons. The van der Waals surface area contributed by atoms with Crippen LogP contribution in [0.4, 0.5) is 0 Å². The van der Waals surface area contributed by atoms with Crippen LogP contribution in [0.25, 0.3) is 0 Å². The summed E-state index contributed by atoms with van der Waals surface area (Å²) in [5.74, 6) is -0.966. The minimum atomic E-state index is -0.396. The summed E-state index contributed by atoms with van der Waals surface area (Å²) in [5.41, 5.74) is 2.42. The molecule has 0 aliphatic carbocycles. The Kier molecular flexibility index (Phi) is 4.78. The Morgan fingerprint density at radius 1 is 1.11 bits per heavy atom. The lowest BCUT2D eigenvalue weighted by atomic mass is 10.0. The number of fused-ring (bicyclic) bond motifs is 1. The number of hydrogen-bond acceptors (Lipinski definition) is 4. The first-order valence-electron chi connectivity index (χ1n) is 8.66. The molecule has 3 rings (SSSR count). The first-order valence-corrected chi connectivity index (χ1v) is 8.66. The summed E-state index contributed by atoms with van der Waals surface area (Å²) in [6.45, 7) is 4.27. The Labute approximate surface area is 157 Å². The van der Waals surface area contributed by atoms with Crippen molar-refractivity contribution in [1.82, 2.24) is 9.80 Å². The predicted molar refractivity (Wildman–Crippen MR) is 99.1 cm³/mol. The van der Waals surface area contributed by atoms with Gasteiger partial charge in [-0.05, 0) is 49.7 Å². The number of hydrogen-bond donors (Lipinski definition) is 0. The molecule has 0 spiro atoms. The molecule has 1 heterocycles. The Hall–Kier alpha value is -3.46. The van der Waals surface area contributed by atoms with Crippen LogP contribution >= 0.6 is 0 Å². The van der Waals surface area contributed by atoms with Crippen molar-refractivity contribution in [3.63, 3.8) is 0 Å². The smallest absolute Gasteiger partial charge is 0.261 e. The highest BCUT2D eigenvalue weighted by atomic mass is 16.2. The molecule has 3 amide bonds. The fourth-order valence-electron chi connectivity index (χ4n) is 3.27. The van der Waals surface area contributed by atoms with Crippen molar-refractivity contribution in [1.29, 1.82) is 5.26 Å². The molecular formula is C21H19N3O3. The zero-order valence-corrected chi connectivity index (χ0v) is 15.4. The highest BCUT2D eigenvalue weighted by Crippen LogP contribution is 2.26. The summed E-state index contributed by atoms with van der Waals surface area (Å²) < 4.78 is 0. The molecule has 6 heteroatoms. The molecule has 0 bridgehead atoms. The second-order valence-corrected chi connectivity index (χ2v) is 6.43. The monoisotopic (exact) mass is 361 g/mol. The summed E-state index contributed by atoms with van der Waals surface area (Å²) in [7, 11) is 1.43. The van der Waals surface area contributed by atoms with Crippen molar-refractivity contribution in [3.05, 3.63) is 70.3 Å². The van der Waals surface area contributed by atoms with Crippen LogP contribution in [0.1, 0.15) is 62.1 Å². The highest BCUT2D eigenvalue weighted by molar-refractivity contribution is 6.21. The van der Waals surface area contributed by atoms with Gasteiger partial charge in [-0.3, -0.25) is 19.3 Å². The molecule has 0 saturated heterocycles. The van der Waals surface area contributed by atoms with Crippen LogP contribution in [0.3, 0.4) is 0 Å². The fourth-order valence-corrected chi connectivity index (χ4v) is 3.27. The maximum absolute atomic E-state index is 13.0. The van der Waals surface area contributed by atoms with Gasteiger partial charge in [0.15, 0.2) is 0 Å². The molecule has 0 saturated carbocycles. The van der Waals surface area contributed by atoms with Crippen LogP contribution in [-0.2, 0) is 0 Å². The molecule has 0 N–H and O–H groups in total. The Balaban J connectivity index is 1.90.